The number of hydrogen-bond donors (Lipinski definition) is 1. The third-order valence-corrected chi connectivity index (χ3v) is 5.09. The van der Waals surface area contributed by atoms with E-state index in [1.165, 1.54) is 24.8 Å². The van der Waals surface area contributed by atoms with Crippen molar-refractivity contribution in [3.63, 3.8) is 0 Å². The van der Waals surface area contributed by atoms with E-state index in [9.17, 15) is 9.59 Å². The van der Waals surface area contributed by atoms with Gasteiger partial charge in [0, 0.05) is 6.42 Å². The zero-order valence-electron chi connectivity index (χ0n) is 12.6. The van der Waals surface area contributed by atoms with Crippen LogP contribution >= 0.6 is 0 Å². The summed E-state index contributed by atoms with van der Waals surface area (Å²) in [5.41, 5.74) is 2.25. The minimum atomic E-state index is -0.161. The van der Waals surface area contributed by atoms with Crippen LogP contribution in [0, 0.1) is 18.8 Å². The smallest absolute Gasteiger partial charge is 0.234 e. The van der Waals surface area contributed by atoms with Crippen molar-refractivity contribution in [2.75, 3.05) is 0 Å². The summed E-state index contributed by atoms with van der Waals surface area (Å²) in [6, 6.07) is 8.20. The Balaban J connectivity index is 1.90. The fourth-order valence-electron chi connectivity index (χ4n) is 3.97. The Morgan fingerprint density at radius 2 is 1.67 bits per heavy atom. The van der Waals surface area contributed by atoms with E-state index in [1.807, 2.05) is 19.1 Å². The molecule has 1 aliphatic heterocycles. The molecule has 3 rings (SSSR count). The summed E-state index contributed by atoms with van der Waals surface area (Å²) < 4.78 is 0. The maximum atomic E-state index is 12.4. The molecule has 1 saturated heterocycles. The maximum Gasteiger partial charge on any atom is 0.234 e. The highest BCUT2D eigenvalue weighted by atomic mass is 16.2. The van der Waals surface area contributed by atoms with Crippen molar-refractivity contribution in [2.24, 2.45) is 11.8 Å². The van der Waals surface area contributed by atoms with Gasteiger partial charge in [0.1, 0.15) is 0 Å². The number of carbonyl (C=O) groups is 2. The summed E-state index contributed by atoms with van der Waals surface area (Å²) in [6.45, 7) is 2.05. The van der Waals surface area contributed by atoms with E-state index in [0.29, 0.717) is 12.3 Å². The molecule has 1 heterocycles. The predicted octanol–water partition coefficient (Wildman–Crippen LogP) is 3.32. The van der Waals surface area contributed by atoms with Crippen LogP contribution in [0.25, 0.3) is 0 Å². The third-order valence-electron chi connectivity index (χ3n) is 5.09. The van der Waals surface area contributed by atoms with Gasteiger partial charge in [0.15, 0.2) is 0 Å². The Morgan fingerprint density at radius 3 is 2.33 bits per heavy atom. The molecule has 112 valence electrons. The zero-order chi connectivity index (χ0) is 14.8. The Kier molecular flexibility index (Phi) is 4.09. The van der Waals surface area contributed by atoms with Gasteiger partial charge in [-0.05, 0) is 24.3 Å². The summed E-state index contributed by atoms with van der Waals surface area (Å²) in [5.74, 6) is 0.324. The Bertz CT molecular complexity index is 529. The lowest BCUT2D eigenvalue weighted by Crippen LogP contribution is -2.46. The highest BCUT2D eigenvalue weighted by molar-refractivity contribution is 6.01. The number of hydrogen-bond acceptors (Lipinski definition) is 2. The highest BCUT2D eigenvalue weighted by Gasteiger charge is 2.41. The summed E-state index contributed by atoms with van der Waals surface area (Å²) in [4.78, 5) is 24.2. The molecule has 3 heteroatoms. The van der Waals surface area contributed by atoms with E-state index in [2.05, 4.69) is 17.4 Å². The average Bonchev–Trinajstić information content (AvgIpc) is 2.49. The van der Waals surface area contributed by atoms with Crippen molar-refractivity contribution in [2.45, 2.75) is 51.4 Å². The van der Waals surface area contributed by atoms with Gasteiger partial charge in [0.2, 0.25) is 11.8 Å². The van der Waals surface area contributed by atoms with Gasteiger partial charge < -0.3 is 0 Å². The lowest BCUT2D eigenvalue weighted by Gasteiger charge is -2.37. The van der Waals surface area contributed by atoms with Gasteiger partial charge in [-0.3, -0.25) is 14.9 Å². The molecule has 1 aromatic rings. The Hall–Kier alpha value is -1.64. The van der Waals surface area contributed by atoms with Crippen molar-refractivity contribution in [1.29, 1.82) is 0 Å². The first-order valence-electron chi connectivity index (χ1n) is 8.05. The second-order valence-corrected chi connectivity index (χ2v) is 6.57. The second kappa shape index (κ2) is 6.00. The van der Waals surface area contributed by atoms with Crippen LogP contribution in [0.2, 0.25) is 0 Å². The minimum absolute atomic E-state index is 0.0982. The number of carbonyl (C=O) groups excluding carboxylic acids is 2. The van der Waals surface area contributed by atoms with Crippen LogP contribution in [0.1, 0.15) is 55.6 Å². The van der Waals surface area contributed by atoms with Gasteiger partial charge >= 0.3 is 0 Å². The van der Waals surface area contributed by atoms with Crippen LogP contribution in [-0.4, -0.2) is 11.8 Å². The summed E-state index contributed by atoms with van der Waals surface area (Å²) in [7, 11) is 0. The van der Waals surface area contributed by atoms with Crippen molar-refractivity contribution in [1.82, 2.24) is 5.32 Å². The molecule has 0 aromatic heterocycles. The molecule has 3 nitrogen and oxygen atoms in total. The number of imide groups is 1. The SMILES string of the molecule is Cc1ccc(C2C(=O)NC(=O)CC2C2CCCCC2)cc1. The van der Waals surface area contributed by atoms with E-state index < -0.39 is 0 Å². The largest absolute Gasteiger partial charge is 0.296 e. The molecule has 0 radical (unpaired) electrons. The van der Waals surface area contributed by atoms with Gasteiger partial charge in [-0.15, -0.1) is 0 Å². The number of amides is 2. The van der Waals surface area contributed by atoms with Crippen LogP contribution < -0.4 is 5.32 Å². The lowest BCUT2D eigenvalue weighted by molar-refractivity contribution is -0.137. The number of nitrogens with one attached hydrogen (secondary N) is 1. The Labute approximate surface area is 126 Å². The molecule has 2 unspecified atom stereocenters. The first-order valence-corrected chi connectivity index (χ1v) is 8.05. The van der Waals surface area contributed by atoms with Crippen LogP contribution in [0.3, 0.4) is 0 Å². The standard InChI is InChI=1S/C18H23NO2/c1-12-7-9-14(10-8-12)17-15(11-16(20)19-18(17)21)13-5-3-2-4-6-13/h7-10,13,15,17H,2-6,11H2,1H3,(H,19,20,21). The van der Waals surface area contributed by atoms with Crippen LogP contribution in [0.5, 0.6) is 0 Å². The van der Waals surface area contributed by atoms with E-state index in [-0.39, 0.29) is 23.7 Å². The first-order chi connectivity index (χ1) is 10.1. The highest BCUT2D eigenvalue weighted by Crippen LogP contribution is 2.42. The molecular weight excluding hydrogens is 262 g/mol. The van der Waals surface area contributed by atoms with Gasteiger partial charge in [-0.2, -0.15) is 0 Å². The number of rotatable bonds is 2. The Morgan fingerprint density at radius 1 is 1.00 bits per heavy atom. The molecule has 1 aromatic carbocycles. The minimum Gasteiger partial charge on any atom is -0.296 e. The molecule has 2 atom stereocenters. The molecule has 2 amide bonds. The fraction of sp³-hybridized carbons (Fsp3) is 0.556. The summed E-state index contributed by atoms with van der Waals surface area (Å²) in [6.07, 6.45) is 6.57. The number of benzene rings is 1. The summed E-state index contributed by atoms with van der Waals surface area (Å²) >= 11 is 0. The van der Waals surface area contributed by atoms with Crippen molar-refractivity contribution >= 4 is 11.8 Å². The van der Waals surface area contributed by atoms with E-state index in [4.69, 9.17) is 0 Å². The first kappa shape index (κ1) is 14.3. The van der Waals surface area contributed by atoms with E-state index in [1.54, 1.807) is 0 Å². The van der Waals surface area contributed by atoms with Gasteiger partial charge in [0.25, 0.3) is 0 Å². The van der Waals surface area contributed by atoms with E-state index >= 15 is 0 Å². The average molecular weight is 285 g/mol. The molecule has 1 N–H and O–H groups in total. The molecule has 2 fully saturated rings. The third kappa shape index (κ3) is 3.02. The van der Waals surface area contributed by atoms with E-state index in [0.717, 1.165) is 18.4 Å². The van der Waals surface area contributed by atoms with Crippen LogP contribution in [0.15, 0.2) is 24.3 Å². The van der Waals surface area contributed by atoms with Crippen molar-refractivity contribution in [3.05, 3.63) is 35.4 Å². The number of piperidine rings is 1. The zero-order valence-corrected chi connectivity index (χ0v) is 12.6. The summed E-state index contributed by atoms with van der Waals surface area (Å²) in [5, 5.41) is 2.53. The van der Waals surface area contributed by atoms with Crippen LogP contribution in [-0.2, 0) is 9.59 Å². The molecular formula is C18H23NO2. The van der Waals surface area contributed by atoms with Crippen molar-refractivity contribution in [3.8, 4) is 0 Å². The van der Waals surface area contributed by atoms with Crippen molar-refractivity contribution < 1.29 is 9.59 Å². The topological polar surface area (TPSA) is 46.2 Å². The fourth-order valence-corrected chi connectivity index (χ4v) is 3.97. The molecule has 0 spiro atoms. The second-order valence-electron chi connectivity index (χ2n) is 6.57. The molecule has 1 saturated carbocycles. The maximum absolute atomic E-state index is 12.4. The molecule has 2 aliphatic rings. The quantitative estimate of drug-likeness (QED) is 0.847. The number of aryl methyl sites for hydroxylation is 1. The van der Waals surface area contributed by atoms with Gasteiger partial charge in [0.05, 0.1) is 5.92 Å². The molecule has 1 aliphatic carbocycles. The van der Waals surface area contributed by atoms with Gasteiger partial charge in [-0.1, -0.05) is 61.9 Å². The molecule has 21 heavy (non-hydrogen) atoms. The van der Waals surface area contributed by atoms with Gasteiger partial charge in [-0.25, -0.2) is 0 Å². The van der Waals surface area contributed by atoms with Crippen LogP contribution in [0.4, 0.5) is 0 Å². The predicted molar refractivity (Wildman–Crippen MR) is 81.8 cm³/mol. The molecule has 0 bridgehead atoms. The lowest BCUT2D eigenvalue weighted by atomic mass is 9.69. The normalized spacial score (nSPS) is 27.5. The monoisotopic (exact) mass is 285 g/mol.